The van der Waals surface area contributed by atoms with Crippen LogP contribution in [0, 0.1) is 5.92 Å². The molecule has 0 bridgehead atoms. The number of nitrogens with one attached hydrogen (secondary N) is 1. The van der Waals surface area contributed by atoms with Gasteiger partial charge in [0.05, 0.1) is 10.8 Å². The third kappa shape index (κ3) is 4.09. The maximum absolute atomic E-state index is 11.5. The van der Waals surface area contributed by atoms with Gasteiger partial charge in [-0.1, -0.05) is 13.8 Å². The van der Waals surface area contributed by atoms with Crippen LogP contribution in [-0.4, -0.2) is 37.9 Å². The number of sulfone groups is 1. The third-order valence-corrected chi connectivity index (χ3v) is 4.86. The van der Waals surface area contributed by atoms with Crippen molar-refractivity contribution in [2.45, 2.75) is 38.5 Å². The second-order valence-corrected chi connectivity index (χ2v) is 7.67. The van der Waals surface area contributed by atoms with E-state index in [0.717, 1.165) is 6.26 Å². The fourth-order valence-electron chi connectivity index (χ4n) is 0.852. The molecule has 0 unspecified atom stereocenters. The van der Waals surface area contributed by atoms with E-state index in [-0.39, 0.29) is 18.4 Å². The fraction of sp³-hybridized carbons (Fsp3) is 0.900. The molecule has 3 N–H and O–H groups in total. The summed E-state index contributed by atoms with van der Waals surface area (Å²) in [5.74, 6) is -0.284. The van der Waals surface area contributed by atoms with E-state index in [1.807, 2.05) is 13.8 Å². The van der Waals surface area contributed by atoms with Gasteiger partial charge in [-0.15, -0.1) is 0 Å². The van der Waals surface area contributed by atoms with Gasteiger partial charge in [0.1, 0.15) is 0 Å². The van der Waals surface area contributed by atoms with Gasteiger partial charge in [-0.05, 0) is 19.8 Å². The summed E-state index contributed by atoms with van der Waals surface area (Å²) < 4.78 is 21.8. The minimum Gasteiger partial charge on any atom is -0.353 e. The van der Waals surface area contributed by atoms with Gasteiger partial charge in [0, 0.05) is 12.8 Å². The Labute approximate surface area is 97.7 Å². The minimum atomic E-state index is -3.20. The van der Waals surface area contributed by atoms with Crippen molar-refractivity contribution in [2.75, 3.05) is 12.8 Å². The smallest absolute Gasteiger partial charge is 0.237 e. The SMILES string of the molecule is CC(C)[C@H](N)C(=O)NCC(C)(C)S(C)(=O)=O. The molecule has 6 heteroatoms. The number of amides is 1. The van der Waals surface area contributed by atoms with E-state index in [1.165, 1.54) is 0 Å². The quantitative estimate of drug-likeness (QED) is 0.713. The van der Waals surface area contributed by atoms with E-state index in [0.29, 0.717) is 0 Å². The summed E-state index contributed by atoms with van der Waals surface area (Å²) in [6.45, 7) is 6.90. The first-order chi connectivity index (χ1) is 6.99. The van der Waals surface area contributed by atoms with Crippen LogP contribution in [0.15, 0.2) is 0 Å². The van der Waals surface area contributed by atoms with Crippen molar-refractivity contribution in [2.24, 2.45) is 11.7 Å². The molecule has 0 aromatic carbocycles. The molecule has 0 aliphatic rings. The first-order valence-corrected chi connectivity index (χ1v) is 7.11. The predicted molar refractivity (Wildman–Crippen MR) is 64.7 cm³/mol. The summed E-state index contributed by atoms with van der Waals surface area (Å²) in [4.78, 5) is 11.5. The van der Waals surface area contributed by atoms with Gasteiger partial charge >= 0.3 is 0 Å². The Morgan fingerprint density at radius 2 is 1.81 bits per heavy atom. The lowest BCUT2D eigenvalue weighted by molar-refractivity contribution is -0.123. The molecule has 96 valence electrons. The molecule has 0 rings (SSSR count). The van der Waals surface area contributed by atoms with Gasteiger partial charge in [0.15, 0.2) is 9.84 Å². The van der Waals surface area contributed by atoms with Crippen LogP contribution in [-0.2, 0) is 14.6 Å². The maximum atomic E-state index is 11.5. The van der Waals surface area contributed by atoms with Gasteiger partial charge in [0.25, 0.3) is 0 Å². The Morgan fingerprint density at radius 3 is 2.12 bits per heavy atom. The van der Waals surface area contributed by atoms with Crippen LogP contribution >= 0.6 is 0 Å². The summed E-state index contributed by atoms with van der Waals surface area (Å²) in [6.07, 6.45) is 1.15. The number of nitrogens with two attached hydrogens (primary N) is 1. The molecule has 5 nitrogen and oxygen atoms in total. The topological polar surface area (TPSA) is 89.3 Å². The molecule has 0 heterocycles. The van der Waals surface area contributed by atoms with E-state index in [9.17, 15) is 13.2 Å². The number of hydrogen-bond acceptors (Lipinski definition) is 4. The molecule has 0 aliphatic heterocycles. The molecule has 0 saturated carbocycles. The highest BCUT2D eigenvalue weighted by molar-refractivity contribution is 7.92. The van der Waals surface area contributed by atoms with Crippen LogP contribution < -0.4 is 11.1 Å². The lowest BCUT2D eigenvalue weighted by Crippen LogP contribution is -2.50. The molecule has 0 aliphatic carbocycles. The first kappa shape index (κ1) is 15.4. The Hall–Kier alpha value is -0.620. The summed E-state index contributed by atoms with van der Waals surface area (Å²) >= 11 is 0. The highest BCUT2D eigenvalue weighted by Gasteiger charge is 2.31. The van der Waals surface area contributed by atoms with Crippen molar-refractivity contribution in [3.63, 3.8) is 0 Å². The Kier molecular flexibility index (Phi) is 4.94. The molecular weight excluding hydrogens is 228 g/mol. The molecule has 1 atom stereocenters. The van der Waals surface area contributed by atoms with E-state index in [4.69, 9.17) is 5.73 Å². The number of hydrogen-bond donors (Lipinski definition) is 2. The Balaban J connectivity index is 4.43. The van der Waals surface area contributed by atoms with E-state index in [1.54, 1.807) is 13.8 Å². The lowest BCUT2D eigenvalue weighted by atomic mass is 10.0. The van der Waals surface area contributed by atoms with Crippen molar-refractivity contribution in [1.29, 1.82) is 0 Å². The Morgan fingerprint density at radius 1 is 1.38 bits per heavy atom. The summed E-state index contributed by atoms with van der Waals surface area (Å²) in [6, 6.07) is -0.602. The molecular formula is C10H22N2O3S. The monoisotopic (exact) mass is 250 g/mol. The summed E-state index contributed by atoms with van der Waals surface area (Å²) in [7, 11) is -3.20. The normalized spacial score (nSPS) is 14.9. The van der Waals surface area contributed by atoms with Gasteiger partial charge in [-0.25, -0.2) is 8.42 Å². The van der Waals surface area contributed by atoms with E-state index >= 15 is 0 Å². The average Bonchev–Trinajstić information content (AvgIpc) is 2.11. The lowest BCUT2D eigenvalue weighted by Gasteiger charge is -2.24. The molecule has 1 amide bonds. The van der Waals surface area contributed by atoms with Crippen LogP contribution in [0.4, 0.5) is 0 Å². The van der Waals surface area contributed by atoms with Gasteiger partial charge < -0.3 is 11.1 Å². The molecule has 0 radical (unpaired) electrons. The zero-order valence-corrected chi connectivity index (χ0v) is 11.4. The van der Waals surface area contributed by atoms with Crippen molar-refractivity contribution in [3.8, 4) is 0 Å². The van der Waals surface area contributed by atoms with Crippen LogP contribution in [0.5, 0.6) is 0 Å². The fourth-order valence-corrected chi connectivity index (χ4v) is 1.19. The van der Waals surface area contributed by atoms with Crippen LogP contribution in [0.1, 0.15) is 27.7 Å². The van der Waals surface area contributed by atoms with Crippen LogP contribution in [0.25, 0.3) is 0 Å². The number of rotatable bonds is 5. The van der Waals surface area contributed by atoms with Crippen molar-refractivity contribution < 1.29 is 13.2 Å². The van der Waals surface area contributed by atoms with Crippen molar-refractivity contribution >= 4 is 15.7 Å². The summed E-state index contributed by atoms with van der Waals surface area (Å²) in [5.41, 5.74) is 5.64. The standard InChI is InChI=1S/C10H22N2O3S/c1-7(2)8(11)9(13)12-6-10(3,4)16(5,14)15/h7-8H,6,11H2,1-5H3,(H,12,13)/t8-/m0/s1. The maximum Gasteiger partial charge on any atom is 0.237 e. The summed E-state index contributed by atoms with van der Waals surface area (Å²) in [5, 5.41) is 2.57. The molecule has 16 heavy (non-hydrogen) atoms. The highest BCUT2D eigenvalue weighted by Crippen LogP contribution is 2.13. The second kappa shape index (κ2) is 5.14. The van der Waals surface area contributed by atoms with Gasteiger partial charge in [0.2, 0.25) is 5.91 Å². The molecule has 0 aromatic rings. The van der Waals surface area contributed by atoms with E-state index < -0.39 is 20.6 Å². The third-order valence-electron chi connectivity index (χ3n) is 2.71. The molecule has 0 saturated heterocycles. The number of carbonyl (C=O) groups excluding carboxylic acids is 1. The average molecular weight is 250 g/mol. The zero-order valence-electron chi connectivity index (χ0n) is 10.6. The van der Waals surface area contributed by atoms with Gasteiger partial charge in [-0.2, -0.15) is 0 Å². The van der Waals surface area contributed by atoms with E-state index in [2.05, 4.69) is 5.32 Å². The second-order valence-electron chi connectivity index (χ2n) is 5.02. The van der Waals surface area contributed by atoms with Crippen molar-refractivity contribution in [3.05, 3.63) is 0 Å². The zero-order chi connectivity index (χ0) is 13.1. The molecule has 0 fully saturated rings. The van der Waals surface area contributed by atoms with Crippen LogP contribution in [0.2, 0.25) is 0 Å². The molecule has 0 aromatic heterocycles. The Bertz CT molecular complexity index is 347. The minimum absolute atomic E-state index is 0.0290. The van der Waals surface area contributed by atoms with Crippen molar-refractivity contribution in [1.82, 2.24) is 5.32 Å². The highest BCUT2D eigenvalue weighted by atomic mass is 32.2. The largest absolute Gasteiger partial charge is 0.353 e. The van der Waals surface area contributed by atoms with Gasteiger partial charge in [-0.3, -0.25) is 4.79 Å². The first-order valence-electron chi connectivity index (χ1n) is 5.22. The van der Waals surface area contributed by atoms with Crippen LogP contribution in [0.3, 0.4) is 0 Å². The molecule has 0 spiro atoms. The predicted octanol–water partition coefficient (Wildman–Crippen LogP) is -0.0909. The number of carbonyl (C=O) groups is 1.